The lowest BCUT2D eigenvalue weighted by atomic mass is 9.95. The third-order valence-corrected chi connectivity index (χ3v) is 3.74. The van der Waals surface area contributed by atoms with E-state index in [1.807, 2.05) is 26.0 Å². The third kappa shape index (κ3) is 3.67. The lowest BCUT2D eigenvalue weighted by Gasteiger charge is -2.21. The number of halogens is 2. The normalized spacial score (nSPS) is 12.4. The summed E-state index contributed by atoms with van der Waals surface area (Å²) in [6.07, 6.45) is 0.949. The van der Waals surface area contributed by atoms with E-state index in [4.69, 9.17) is 0 Å². The molecule has 0 radical (unpaired) electrons. The Morgan fingerprint density at radius 2 is 1.76 bits per heavy atom. The van der Waals surface area contributed by atoms with Crippen molar-refractivity contribution in [2.45, 2.75) is 33.2 Å². The SMILES string of the molecule is CCCNC(c1ccc(C)c(C)c1)c1ccc(F)cc1F. The first kappa shape index (κ1) is 15.6. The first-order valence-electron chi connectivity index (χ1n) is 7.28. The Morgan fingerprint density at radius 1 is 1.00 bits per heavy atom. The summed E-state index contributed by atoms with van der Waals surface area (Å²) in [7, 11) is 0. The first-order valence-corrected chi connectivity index (χ1v) is 7.28. The van der Waals surface area contributed by atoms with E-state index in [9.17, 15) is 8.78 Å². The minimum atomic E-state index is -0.550. The van der Waals surface area contributed by atoms with E-state index < -0.39 is 11.6 Å². The van der Waals surface area contributed by atoms with Crippen LogP contribution in [0.5, 0.6) is 0 Å². The molecule has 1 unspecified atom stereocenters. The second-order valence-corrected chi connectivity index (χ2v) is 5.40. The Bertz CT molecular complexity index is 623. The molecule has 112 valence electrons. The summed E-state index contributed by atoms with van der Waals surface area (Å²) in [6.45, 7) is 6.92. The molecule has 0 spiro atoms. The summed E-state index contributed by atoms with van der Waals surface area (Å²) in [5.41, 5.74) is 3.84. The molecule has 0 fully saturated rings. The lowest BCUT2D eigenvalue weighted by Crippen LogP contribution is -2.24. The molecule has 0 aliphatic carbocycles. The maximum absolute atomic E-state index is 14.1. The predicted octanol–water partition coefficient (Wildman–Crippen LogP) is 4.67. The van der Waals surface area contributed by atoms with Crippen LogP contribution in [0.1, 0.15) is 41.6 Å². The highest BCUT2D eigenvalue weighted by Crippen LogP contribution is 2.26. The number of benzene rings is 2. The first-order chi connectivity index (χ1) is 10.0. The van der Waals surface area contributed by atoms with Crippen molar-refractivity contribution in [2.75, 3.05) is 6.54 Å². The molecular weight excluding hydrogens is 268 g/mol. The van der Waals surface area contributed by atoms with Gasteiger partial charge in [0.15, 0.2) is 0 Å². The molecular formula is C18H21F2N. The van der Waals surface area contributed by atoms with Crippen molar-refractivity contribution in [1.82, 2.24) is 5.32 Å². The minimum Gasteiger partial charge on any atom is -0.306 e. The van der Waals surface area contributed by atoms with Crippen molar-refractivity contribution in [3.8, 4) is 0 Å². The second-order valence-electron chi connectivity index (χ2n) is 5.40. The minimum absolute atomic E-state index is 0.259. The van der Waals surface area contributed by atoms with E-state index in [2.05, 4.69) is 18.3 Å². The molecule has 0 aromatic heterocycles. The van der Waals surface area contributed by atoms with E-state index >= 15 is 0 Å². The van der Waals surface area contributed by atoms with E-state index in [0.29, 0.717) is 5.56 Å². The maximum Gasteiger partial charge on any atom is 0.131 e. The van der Waals surface area contributed by atoms with Gasteiger partial charge < -0.3 is 5.32 Å². The molecule has 2 aromatic carbocycles. The molecule has 0 aliphatic heterocycles. The van der Waals surface area contributed by atoms with Crippen molar-refractivity contribution in [3.05, 3.63) is 70.3 Å². The van der Waals surface area contributed by atoms with Crippen LogP contribution in [0.2, 0.25) is 0 Å². The van der Waals surface area contributed by atoms with Gasteiger partial charge in [0.25, 0.3) is 0 Å². The van der Waals surface area contributed by atoms with Gasteiger partial charge in [-0.25, -0.2) is 8.78 Å². The standard InChI is InChI=1S/C18H21F2N/c1-4-9-21-18(14-6-5-12(2)13(3)10-14)16-8-7-15(19)11-17(16)20/h5-8,10-11,18,21H,4,9H2,1-3H3. The fourth-order valence-electron chi connectivity index (χ4n) is 2.38. The maximum atomic E-state index is 14.1. The molecule has 2 aromatic rings. The zero-order valence-electron chi connectivity index (χ0n) is 12.7. The molecule has 21 heavy (non-hydrogen) atoms. The van der Waals surface area contributed by atoms with Crippen LogP contribution in [0.4, 0.5) is 8.78 Å². The van der Waals surface area contributed by atoms with Gasteiger partial charge in [-0.05, 0) is 49.6 Å². The average molecular weight is 289 g/mol. The van der Waals surface area contributed by atoms with E-state index in [1.54, 1.807) is 0 Å². The molecule has 0 bridgehead atoms. The fourth-order valence-corrected chi connectivity index (χ4v) is 2.38. The van der Waals surface area contributed by atoms with Crippen molar-refractivity contribution in [3.63, 3.8) is 0 Å². The Kier molecular flexibility index (Phi) is 5.07. The van der Waals surface area contributed by atoms with Crippen LogP contribution in [0, 0.1) is 25.5 Å². The van der Waals surface area contributed by atoms with E-state index in [0.717, 1.165) is 24.6 Å². The summed E-state index contributed by atoms with van der Waals surface area (Å²) in [5, 5.41) is 3.35. The summed E-state index contributed by atoms with van der Waals surface area (Å²) >= 11 is 0. The molecule has 0 aliphatic rings. The van der Waals surface area contributed by atoms with Crippen LogP contribution in [0.25, 0.3) is 0 Å². The fraction of sp³-hybridized carbons (Fsp3) is 0.333. The largest absolute Gasteiger partial charge is 0.306 e. The van der Waals surface area contributed by atoms with Crippen molar-refractivity contribution >= 4 is 0 Å². The van der Waals surface area contributed by atoms with Crippen molar-refractivity contribution in [1.29, 1.82) is 0 Å². The van der Waals surface area contributed by atoms with Gasteiger partial charge in [0.1, 0.15) is 11.6 Å². The molecule has 1 nitrogen and oxygen atoms in total. The van der Waals surface area contributed by atoms with Gasteiger partial charge in [-0.2, -0.15) is 0 Å². The molecule has 1 atom stereocenters. The molecule has 0 amide bonds. The van der Waals surface area contributed by atoms with Crippen LogP contribution in [0.15, 0.2) is 36.4 Å². The number of aryl methyl sites for hydroxylation is 2. The zero-order valence-corrected chi connectivity index (χ0v) is 12.7. The zero-order chi connectivity index (χ0) is 15.4. The number of hydrogen-bond donors (Lipinski definition) is 1. The van der Waals surface area contributed by atoms with Crippen LogP contribution in [-0.2, 0) is 0 Å². The highest BCUT2D eigenvalue weighted by Gasteiger charge is 2.18. The highest BCUT2D eigenvalue weighted by molar-refractivity contribution is 5.37. The molecule has 3 heteroatoms. The van der Waals surface area contributed by atoms with Gasteiger partial charge in [-0.15, -0.1) is 0 Å². The molecule has 0 saturated heterocycles. The van der Waals surface area contributed by atoms with Gasteiger partial charge >= 0.3 is 0 Å². The Morgan fingerprint density at radius 3 is 2.38 bits per heavy atom. The van der Waals surface area contributed by atoms with Crippen LogP contribution in [-0.4, -0.2) is 6.54 Å². The summed E-state index contributed by atoms with van der Waals surface area (Å²) in [4.78, 5) is 0. The highest BCUT2D eigenvalue weighted by atomic mass is 19.1. The Labute approximate surface area is 125 Å². The summed E-state index contributed by atoms with van der Waals surface area (Å²) in [5.74, 6) is -1.06. The quantitative estimate of drug-likeness (QED) is 0.843. The third-order valence-electron chi connectivity index (χ3n) is 3.74. The van der Waals surface area contributed by atoms with Crippen LogP contribution < -0.4 is 5.32 Å². The van der Waals surface area contributed by atoms with Gasteiger partial charge in [-0.1, -0.05) is 31.2 Å². The molecule has 0 heterocycles. The Balaban J connectivity index is 2.44. The van der Waals surface area contributed by atoms with Gasteiger partial charge in [0.05, 0.1) is 6.04 Å². The number of hydrogen-bond acceptors (Lipinski definition) is 1. The smallest absolute Gasteiger partial charge is 0.131 e. The lowest BCUT2D eigenvalue weighted by molar-refractivity contribution is 0.532. The van der Waals surface area contributed by atoms with E-state index in [1.165, 1.54) is 23.3 Å². The molecule has 1 N–H and O–H groups in total. The van der Waals surface area contributed by atoms with Crippen molar-refractivity contribution < 1.29 is 8.78 Å². The van der Waals surface area contributed by atoms with Crippen molar-refractivity contribution in [2.24, 2.45) is 0 Å². The van der Waals surface area contributed by atoms with Gasteiger partial charge in [0, 0.05) is 11.6 Å². The molecule has 0 saturated carbocycles. The van der Waals surface area contributed by atoms with E-state index in [-0.39, 0.29) is 6.04 Å². The van der Waals surface area contributed by atoms with Gasteiger partial charge in [-0.3, -0.25) is 0 Å². The number of rotatable bonds is 5. The average Bonchev–Trinajstić information content (AvgIpc) is 2.44. The summed E-state index contributed by atoms with van der Waals surface area (Å²) in [6, 6.07) is 9.60. The topological polar surface area (TPSA) is 12.0 Å². The van der Waals surface area contributed by atoms with Crippen LogP contribution >= 0.6 is 0 Å². The Hall–Kier alpha value is -1.74. The second kappa shape index (κ2) is 6.81. The summed E-state index contributed by atoms with van der Waals surface area (Å²) < 4.78 is 27.2. The number of nitrogens with one attached hydrogen (secondary N) is 1. The van der Waals surface area contributed by atoms with Gasteiger partial charge in [0.2, 0.25) is 0 Å². The van der Waals surface area contributed by atoms with Crippen LogP contribution in [0.3, 0.4) is 0 Å². The molecule has 2 rings (SSSR count). The monoisotopic (exact) mass is 289 g/mol. The predicted molar refractivity (Wildman–Crippen MR) is 82.4 cm³/mol.